The highest BCUT2D eigenvalue weighted by Crippen LogP contribution is 2.37. The quantitative estimate of drug-likeness (QED) is 0.221. The van der Waals surface area contributed by atoms with Crippen LogP contribution in [-0.4, -0.2) is 46.2 Å². The summed E-state index contributed by atoms with van der Waals surface area (Å²) in [7, 11) is 0. The zero-order valence-electron chi connectivity index (χ0n) is 21.9. The van der Waals surface area contributed by atoms with E-state index >= 15 is 0 Å². The van der Waals surface area contributed by atoms with Crippen molar-refractivity contribution in [1.82, 2.24) is 20.3 Å². The average molecular weight is 569 g/mol. The van der Waals surface area contributed by atoms with Gasteiger partial charge in [-0.25, -0.2) is 9.97 Å². The molecule has 5 aromatic rings. The van der Waals surface area contributed by atoms with Crippen LogP contribution in [0.3, 0.4) is 0 Å². The number of rotatable bonds is 8. The van der Waals surface area contributed by atoms with Crippen molar-refractivity contribution in [1.29, 1.82) is 0 Å². The van der Waals surface area contributed by atoms with Gasteiger partial charge in [0.25, 0.3) is 0 Å². The minimum Gasteiger partial charge on any atom is -0.346 e. The van der Waals surface area contributed by atoms with Gasteiger partial charge in [0.1, 0.15) is 17.8 Å². The van der Waals surface area contributed by atoms with Gasteiger partial charge in [-0.05, 0) is 44.1 Å². The van der Waals surface area contributed by atoms with Crippen molar-refractivity contribution in [3.63, 3.8) is 0 Å². The molecule has 1 aliphatic rings. The molecule has 7 nitrogen and oxygen atoms in total. The van der Waals surface area contributed by atoms with E-state index in [0.29, 0.717) is 41.7 Å². The number of nitrogens with one attached hydrogen (secondary N) is 2. The number of nitrogens with zero attached hydrogens (tertiary/aromatic N) is 4. The number of carbonyl (C=O) groups is 1. The van der Waals surface area contributed by atoms with Gasteiger partial charge in [-0.2, -0.15) is 0 Å². The number of H-pyrrole nitrogens is 1. The first-order valence-electron chi connectivity index (χ1n) is 13.3. The second-order valence-corrected chi connectivity index (χ2v) is 11.8. The molecule has 40 heavy (non-hydrogen) atoms. The maximum Gasteiger partial charge on any atom is 0.236 e. The molecule has 0 aliphatic carbocycles. The lowest BCUT2D eigenvalue weighted by Crippen LogP contribution is -2.51. The fraction of sp³-hybridized carbons (Fsp3) is 0.226. The number of aliphatic imine (C=N–C) groups is 1. The van der Waals surface area contributed by atoms with Crippen molar-refractivity contribution >= 4 is 51.4 Å². The number of carbonyl (C=O) groups excluding carboxylic acids is 1. The fourth-order valence-corrected chi connectivity index (χ4v) is 6.39. The molecule has 2 aromatic carbocycles. The number of hydrogen-bond donors (Lipinski definition) is 2. The van der Waals surface area contributed by atoms with E-state index in [-0.39, 0.29) is 5.91 Å². The van der Waals surface area contributed by atoms with Crippen molar-refractivity contribution in [2.75, 3.05) is 24.5 Å². The van der Waals surface area contributed by atoms with Crippen LogP contribution in [0.15, 0.2) is 96.4 Å². The SMILES string of the molecule is O=C(N(Cc1ccc(Cl)s1)c1ncnc2[nH]ccc12)C1(CN=C(c2ccccc2)c2ccccc2)CCNCC1. The van der Waals surface area contributed by atoms with Crippen LogP contribution in [0, 0.1) is 5.41 Å². The molecular formula is C31H29ClN6OS. The standard InChI is InChI=1S/C31H29ClN6OS/c32-26-12-11-24(40-26)19-38(29-25-13-16-34-28(25)36-21-37-29)30(39)31(14-17-33-18-15-31)20-35-27(22-7-3-1-4-8-22)23-9-5-2-6-10-23/h1-13,16,21,33H,14-15,17-20H2,(H,34,36,37). The maximum atomic E-state index is 14.8. The fourth-order valence-electron chi connectivity index (χ4n) is 5.31. The Balaban J connectivity index is 1.43. The zero-order valence-corrected chi connectivity index (χ0v) is 23.5. The summed E-state index contributed by atoms with van der Waals surface area (Å²) in [6, 6.07) is 26.1. The third-order valence-corrected chi connectivity index (χ3v) is 8.64. The number of aromatic amines is 1. The van der Waals surface area contributed by atoms with E-state index in [0.717, 1.165) is 40.2 Å². The van der Waals surface area contributed by atoms with Gasteiger partial charge in [0, 0.05) is 22.2 Å². The lowest BCUT2D eigenvalue weighted by atomic mass is 9.77. The second-order valence-electron chi connectivity index (χ2n) is 9.96. The number of benzene rings is 2. The monoisotopic (exact) mass is 568 g/mol. The Bertz CT molecular complexity index is 1580. The molecule has 9 heteroatoms. The molecule has 0 saturated carbocycles. The van der Waals surface area contributed by atoms with Crippen LogP contribution in [0.5, 0.6) is 0 Å². The van der Waals surface area contributed by atoms with Gasteiger partial charge in [0.05, 0.1) is 33.9 Å². The Morgan fingerprint density at radius 3 is 2.30 bits per heavy atom. The molecule has 3 aromatic heterocycles. The Morgan fingerprint density at radius 1 is 0.950 bits per heavy atom. The smallest absolute Gasteiger partial charge is 0.236 e. The van der Waals surface area contributed by atoms with Crippen molar-refractivity contribution < 1.29 is 4.79 Å². The van der Waals surface area contributed by atoms with E-state index < -0.39 is 5.41 Å². The van der Waals surface area contributed by atoms with Gasteiger partial charge in [0.2, 0.25) is 5.91 Å². The molecule has 2 N–H and O–H groups in total. The highest BCUT2D eigenvalue weighted by molar-refractivity contribution is 7.16. The molecule has 1 amide bonds. The van der Waals surface area contributed by atoms with Crippen molar-refractivity contribution in [2.45, 2.75) is 19.4 Å². The van der Waals surface area contributed by atoms with Crippen molar-refractivity contribution in [2.24, 2.45) is 10.4 Å². The summed E-state index contributed by atoms with van der Waals surface area (Å²) in [5.74, 6) is 0.609. The number of aromatic nitrogens is 3. The zero-order chi connectivity index (χ0) is 27.4. The molecule has 6 rings (SSSR count). The minimum absolute atomic E-state index is 0.0175. The summed E-state index contributed by atoms with van der Waals surface area (Å²) in [6.07, 6.45) is 4.68. The molecule has 202 valence electrons. The van der Waals surface area contributed by atoms with E-state index in [1.807, 2.05) is 65.7 Å². The molecule has 0 spiro atoms. The lowest BCUT2D eigenvalue weighted by molar-refractivity contribution is -0.129. The topological polar surface area (TPSA) is 86.3 Å². The predicted octanol–water partition coefficient (Wildman–Crippen LogP) is 6.11. The predicted molar refractivity (Wildman–Crippen MR) is 162 cm³/mol. The molecule has 1 saturated heterocycles. The van der Waals surface area contributed by atoms with Crippen molar-refractivity contribution in [3.05, 3.63) is 112 Å². The average Bonchev–Trinajstić information content (AvgIpc) is 3.66. The Labute approximate surface area is 242 Å². The summed E-state index contributed by atoms with van der Waals surface area (Å²) in [5.41, 5.74) is 2.94. The first-order valence-corrected chi connectivity index (χ1v) is 14.5. The highest BCUT2D eigenvalue weighted by Gasteiger charge is 2.43. The third kappa shape index (κ3) is 5.43. The van der Waals surface area contributed by atoms with Gasteiger partial charge in [-0.1, -0.05) is 72.3 Å². The first kappa shape index (κ1) is 26.4. The maximum absolute atomic E-state index is 14.8. The van der Waals surface area contributed by atoms with Gasteiger partial charge >= 0.3 is 0 Å². The largest absolute Gasteiger partial charge is 0.346 e. The van der Waals surface area contributed by atoms with Crippen LogP contribution < -0.4 is 10.2 Å². The van der Waals surface area contributed by atoms with Gasteiger partial charge < -0.3 is 10.3 Å². The molecule has 1 fully saturated rings. The Hall–Kier alpha value is -3.85. The Morgan fingerprint density at radius 2 is 1.65 bits per heavy atom. The third-order valence-electron chi connectivity index (χ3n) is 7.43. The summed E-state index contributed by atoms with van der Waals surface area (Å²) < 4.78 is 0.688. The van der Waals surface area contributed by atoms with Crippen LogP contribution in [0.2, 0.25) is 4.34 Å². The van der Waals surface area contributed by atoms with E-state index in [9.17, 15) is 4.79 Å². The van der Waals surface area contributed by atoms with Crippen LogP contribution in [0.25, 0.3) is 11.0 Å². The molecule has 0 unspecified atom stereocenters. The number of fused-ring (bicyclic) bond motifs is 1. The molecule has 1 aliphatic heterocycles. The molecular weight excluding hydrogens is 540 g/mol. The molecule has 0 bridgehead atoms. The first-order chi connectivity index (χ1) is 19.6. The number of thiophene rings is 1. The molecule has 0 radical (unpaired) electrons. The van der Waals surface area contributed by atoms with Crippen LogP contribution in [0.1, 0.15) is 28.8 Å². The summed E-state index contributed by atoms with van der Waals surface area (Å²) in [4.78, 5) is 34.9. The van der Waals surface area contributed by atoms with Crippen molar-refractivity contribution in [3.8, 4) is 0 Å². The molecule has 0 atom stereocenters. The van der Waals surface area contributed by atoms with Crippen LogP contribution >= 0.6 is 22.9 Å². The summed E-state index contributed by atoms with van der Waals surface area (Å²) >= 11 is 7.76. The van der Waals surface area contributed by atoms with E-state index in [1.54, 1.807) is 0 Å². The normalized spacial score (nSPS) is 14.6. The summed E-state index contributed by atoms with van der Waals surface area (Å²) in [6.45, 7) is 2.23. The lowest BCUT2D eigenvalue weighted by Gasteiger charge is -2.39. The minimum atomic E-state index is -0.700. The number of hydrogen-bond acceptors (Lipinski definition) is 6. The highest BCUT2D eigenvalue weighted by atomic mass is 35.5. The van der Waals surface area contributed by atoms with Gasteiger partial charge in [-0.15, -0.1) is 11.3 Å². The van der Waals surface area contributed by atoms with Crippen LogP contribution in [0.4, 0.5) is 5.82 Å². The Kier molecular flexibility index (Phi) is 7.73. The summed E-state index contributed by atoms with van der Waals surface area (Å²) in [5, 5.41) is 4.24. The number of halogens is 1. The van der Waals surface area contributed by atoms with E-state index in [4.69, 9.17) is 16.6 Å². The van der Waals surface area contributed by atoms with Crippen LogP contribution in [-0.2, 0) is 11.3 Å². The van der Waals surface area contributed by atoms with Gasteiger partial charge in [-0.3, -0.25) is 14.7 Å². The number of anilines is 1. The van der Waals surface area contributed by atoms with E-state index in [2.05, 4.69) is 44.5 Å². The number of piperidine rings is 1. The van der Waals surface area contributed by atoms with E-state index in [1.165, 1.54) is 17.7 Å². The number of amides is 1. The van der Waals surface area contributed by atoms with Gasteiger partial charge in [0.15, 0.2) is 0 Å². The second kappa shape index (κ2) is 11.7. The molecule has 4 heterocycles.